The van der Waals surface area contributed by atoms with Crippen molar-refractivity contribution < 1.29 is 52.2 Å². The fourth-order valence-electron chi connectivity index (χ4n) is 8.34. The number of hydrogen-bond donors (Lipinski definition) is 2. The third-order valence-electron chi connectivity index (χ3n) is 12.9. The number of phosphoric ester groups is 1. The standard InChI is InChI=1S/C62H111O11P/c1-4-7-10-13-16-19-22-24-26-28-29-31-33-35-38-41-44-47-50-53-62(66)73-59(55-69-60(64)51-48-45-42-39-36-21-18-15-12-9-6-3)57-71-74(67,68)70-56-58(54-63)72-61(65)52-49-46-43-40-37-34-32-30-27-25-23-20-17-14-11-8-5-2/h7,10,16,19,24-27,29,31,58-59,63H,4-6,8-9,11-15,17-18,20-23,28,30,32-57H2,1-3H3,(H,67,68)/b10-7-,19-16-,26-24-,27-25-,31-29-. The zero-order valence-corrected chi connectivity index (χ0v) is 48.5. The molecular formula is C62H111O11P. The Balaban J connectivity index is 4.67. The summed E-state index contributed by atoms with van der Waals surface area (Å²) >= 11 is 0. The van der Waals surface area contributed by atoms with Gasteiger partial charge in [-0.1, -0.05) is 236 Å². The van der Waals surface area contributed by atoms with Crippen LogP contribution < -0.4 is 0 Å². The first-order valence-electron chi connectivity index (χ1n) is 30.2. The number of phosphoric acid groups is 1. The number of ether oxygens (including phenoxy) is 3. The van der Waals surface area contributed by atoms with Gasteiger partial charge >= 0.3 is 25.7 Å². The molecule has 0 heterocycles. The Kier molecular flexibility index (Phi) is 54.2. The van der Waals surface area contributed by atoms with Crippen molar-refractivity contribution in [2.24, 2.45) is 0 Å². The minimum atomic E-state index is -4.75. The molecule has 0 fully saturated rings. The first kappa shape index (κ1) is 71.2. The van der Waals surface area contributed by atoms with E-state index in [-0.39, 0.29) is 25.9 Å². The molecule has 0 aliphatic carbocycles. The Morgan fingerprint density at radius 1 is 0.392 bits per heavy atom. The highest BCUT2D eigenvalue weighted by atomic mass is 31.2. The summed E-state index contributed by atoms with van der Waals surface area (Å²) in [6.45, 7) is 4.53. The van der Waals surface area contributed by atoms with Crippen LogP contribution in [0.4, 0.5) is 0 Å². The Bertz CT molecular complexity index is 1470. The zero-order chi connectivity index (χ0) is 54.1. The lowest BCUT2D eigenvalue weighted by Gasteiger charge is -2.21. The van der Waals surface area contributed by atoms with E-state index in [0.29, 0.717) is 19.3 Å². The molecule has 2 N–H and O–H groups in total. The number of carbonyl (C=O) groups excluding carboxylic acids is 3. The summed E-state index contributed by atoms with van der Waals surface area (Å²) in [5.41, 5.74) is 0. The van der Waals surface area contributed by atoms with Crippen LogP contribution in [0.3, 0.4) is 0 Å². The van der Waals surface area contributed by atoms with Crippen LogP contribution in [-0.2, 0) is 42.2 Å². The molecular weight excluding hydrogens is 952 g/mol. The van der Waals surface area contributed by atoms with E-state index in [0.717, 1.165) is 109 Å². The molecule has 11 nitrogen and oxygen atoms in total. The molecule has 0 aliphatic heterocycles. The van der Waals surface area contributed by atoms with Crippen LogP contribution in [0.1, 0.15) is 278 Å². The molecule has 0 bridgehead atoms. The maximum absolute atomic E-state index is 12.9. The van der Waals surface area contributed by atoms with E-state index >= 15 is 0 Å². The maximum atomic E-state index is 12.9. The molecule has 3 atom stereocenters. The monoisotopic (exact) mass is 1060 g/mol. The summed E-state index contributed by atoms with van der Waals surface area (Å²) in [6, 6.07) is 0. The Morgan fingerprint density at radius 2 is 0.703 bits per heavy atom. The first-order chi connectivity index (χ1) is 36.2. The molecule has 0 amide bonds. The number of carbonyl (C=O) groups is 3. The quantitative estimate of drug-likeness (QED) is 0.0197. The topological polar surface area (TPSA) is 155 Å². The predicted octanol–water partition coefficient (Wildman–Crippen LogP) is 17.9. The van der Waals surface area contributed by atoms with Gasteiger partial charge in [0.05, 0.1) is 19.8 Å². The third-order valence-corrected chi connectivity index (χ3v) is 13.9. The average molecular weight is 1060 g/mol. The Hall–Kier alpha value is -2.82. The molecule has 0 spiro atoms. The van der Waals surface area contributed by atoms with Crippen LogP contribution in [0.15, 0.2) is 60.8 Å². The molecule has 0 aromatic carbocycles. The van der Waals surface area contributed by atoms with Crippen molar-refractivity contribution in [1.82, 2.24) is 0 Å². The van der Waals surface area contributed by atoms with E-state index in [2.05, 4.69) is 81.5 Å². The van der Waals surface area contributed by atoms with Crippen LogP contribution in [0.25, 0.3) is 0 Å². The molecule has 0 aromatic heterocycles. The molecule has 3 unspecified atom stereocenters. The first-order valence-corrected chi connectivity index (χ1v) is 31.7. The number of rotatable bonds is 56. The highest BCUT2D eigenvalue weighted by Crippen LogP contribution is 2.43. The summed E-state index contributed by atoms with van der Waals surface area (Å²) in [7, 11) is -4.75. The Labute approximate surface area is 453 Å². The molecule has 0 saturated heterocycles. The van der Waals surface area contributed by atoms with Gasteiger partial charge in [0.1, 0.15) is 12.7 Å². The van der Waals surface area contributed by atoms with Gasteiger partial charge in [-0.2, -0.15) is 0 Å². The van der Waals surface area contributed by atoms with E-state index in [1.807, 2.05) is 0 Å². The van der Waals surface area contributed by atoms with Gasteiger partial charge in [-0.05, 0) is 83.5 Å². The number of aliphatic hydroxyl groups excluding tert-OH is 1. The summed E-state index contributed by atoms with van der Waals surface area (Å²) < 4.78 is 39.6. The van der Waals surface area contributed by atoms with Crippen LogP contribution in [0.5, 0.6) is 0 Å². The van der Waals surface area contributed by atoms with Gasteiger partial charge in [0.2, 0.25) is 0 Å². The molecule has 0 saturated carbocycles. The largest absolute Gasteiger partial charge is 0.472 e. The molecule has 0 aliphatic rings. The van der Waals surface area contributed by atoms with Gasteiger partial charge in [0.25, 0.3) is 0 Å². The SMILES string of the molecule is CC/C=C\C/C=C\C/C=C\C/C=C\CCCCCCCCC(=O)OC(COC(=O)CCCCCCCCCCCCC)COP(=O)(O)OCC(CO)OC(=O)CCCCCCCCC/C=C\CCCCCCCC. The van der Waals surface area contributed by atoms with Gasteiger partial charge in [-0.15, -0.1) is 0 Å². The van der Waals surface area contributed by atoms with Gasteiger partial charge in [-0.25, -0.2) is 4.57 Å². The number of esters is 3. The lowest BCUT2D eigenvalue weighted by molar-refractivity contribution is -0.161. The van der Waals surface area contributed by atoms with Crippen molar-refractivity contribution in [2.45, 2.75) is 290 Å². The lowest BCUT2D eigenvalue weighted by atomic mass is 10.1. The number of unbranched alkanes of at least 4 members (excludes halogenated alkanes) is 29. The highest BCUT2D eigenvalue weighted by Gasteiger charge is 2.28. The fraction of sp³-hybridized carbons (Fsp3) is 0.790. The molecule has 0 radical (unpaired) electrons. The maximum Gasteiger partial charge on any atom is 0.472 e. The van der Waals surface area contributed by atoms with Crippen molar-refractivity contribution >= 4 is 25.7 Å². The van der Waals surface area contributed by atoms with Crippen LogP contribution in [0.2, 0.25) is 0 Å². The summed E-state index contributed by atoms with van der Waals surface area (Å²) in [5, 5.41) is 9.83. The van der Waals surface area contributed by atoms with Crippen LogP contribution in [-0.4, -0.2) is 66.5 Å². The summed E-state index contributed by atoms with van der Waals surface area (Å²) in [4.78, 5) is 48.6. The predicted molar refractivity (Wildman–Crippen MR) is 307 cm³/mol. The number of allylic oxidation sites excluding steroid dienone is 10. The molecule has 0 aromatic rings. The minimum Gasteiger partial charge on any atom is -0.462 e. The van der Waals surface area contributed by atoms with Crippen molar-refractivity contribution in [3.8, 4) is 0 Å². The van der Waals surface area contributed by atoms with Crippen molar-refractivity contribution in [1.29, 1.82) is 0 Å². The van der Waals surface area contributed by atoms with Gasteiger partial charge in [-0.3, -0.25) is 23.4 Å². The lowest BCUT2D eigenvalue weighted by Crippen LogP contribution is -2.30. The second-order valence-electron chi connectivity index (χ2n) is 20.1. The van der Waals surface area contributed by atoms with Gasteiger partial charge in [0, 0.05) is 19.3 Å². The summed E-state index contributed by atoms with van der Waals surface area (Å²) in [5.74, 6) is -1.47. The molecule has 12 heteroatoms. The van der Waals surface area contributed by atoms with E-state index < -0.39 is 57.8 Å². The number of hydrogen-bond acceptors (Lipinski definition) is 10. The highest BCUT2D eigenvalue weighted by molar-refractivity contribution is 7.47. The number of aliphatic hydroxyl groups is 1. The second-order valence-corrected chi connectivity index (χ2v) is 21.6. The van der Waals surface area contributed by atoms with Crippen molar-refractivity contribution in [2.75, 3.05) is 26.4 Å². The van der Waals surface area contributed by atoms with E-state index in [9.17, 15) is 28.9 Å². The second kappa shape index (κ2) is 56.4. The van der Waals surface area contributed by atoms with Crippen molar-refractivity contribution in [3.05, 3.63) is 60.8 Å². The zero-order valence-electron chi connectivity index (χ0n) is 47.6. The molecule has 0 rings (SSSR count). The smallest absolute Gasteiger partial charge is 0.462 e. The Morgan fingerprint density at radius 3 is 1.09 bits per heavy atom. The van der Waals surface area contributed by atoms with Crippen LogP contribution in [0, 0.1) is 0 Å². The summed E-state index contributed by atoms with van der Waals surface area (Å²) in [6.07, 6.45) is 61.7. The van der Waals surface area contributed by atoms with E-state index in [1.165, 1.54) is 109 Å². The van der Waals surface area contributed by atoms with E-state index in [1.54, 1.807) is 0 Å². The van der Waals surface area contributed by atoms with E-state index in [4.69, 9.17) is 23.3 Å². The molecule has 74 heavy (non-hydrogen) atoms. The molecule has 430 valence electrons. The minimum absolute atomic E-state index is 0.152. The van der Waals surface area contributed by atoms with Gasteiger partial charge < -0.3 is 24.2 Å². The van der Waals surface area contributed by atoms with Crippen molar-refractivity contribution in [3.63, 3.8) is 0 Å². The fourth-order valence-corrected chi connectivity index (χ4v) is 9.13. The average Bonchev–Trinajstić information content (AvgIpc) is 3.39. The normalized spacial score (nSPS) is 13.7. The van der Waals surface area contributed by atoms with Crippen LogP contribution >= 0.6 is 7.82 Å². The van der Waals surface area contributed by atoms with Gasteiger partial charge in [0.15, 0.2) is 6.10 Å². The third kappa shape index (κ3) is 54.0.